The van der Waals surface area contributed by atoms with Crippen LogP contribution in [0.15, 0.2) is 23.1 Å². The van der Waals surface area contributed by atoms with Crippen molar-refractivity contribution in [2.24, 2.45) is 0 Å². The van der Waals surface area contributed by atoms with Gasteiger partial charge in [-0.3, -0.25) is 0 Å². The van der Waals surface area contributed by atoms with Crippen LogP contribution in [0.25, 0.3) is 0 Å². The fourth-order valence-corrected chi connectivity index (χ4v) is 3.88. The maximum atomic E-state index is 12.5. The van der Waals surface area contributed by atoms with Crippen LogP contribution in [0.2, 0.25) is 5.02 Å². The number of nitrogens with one attached hydrogen (secondary N) is 2. The van der Waals surface area contributed by atoms with Crippen molar-refractivity contribution in [2.75, 3.05) is 20.2 Å². The van der Waals surface area contributed by atoms with E-state index in [1.54, 1.807) is 0 Å². The zero-order valence-corrected chi connectivity index (χ0v) is 13.1. The van der Waals surface area contributed by atoms with Gasteiger partial charge < -0.3 is 10.1 Å². The van der Waals surface area contributed by atoms with Crippen molar-refractivity contribution in [1.29, 1.82) is 0 Å². The molecule has 0 radical (unpaired) electrons. The van der Waals surface area contributed by atoms with Crippen LogP contribution in [0.3, 0.4) is 0 Å². The molecule has 0 bridgehead atoms. The van der Waals surface area contributed by atoms with E-state index in [2.05, 4.69) is 14.8 Å². The molecule has 6 nitrogen and oxygen atoms in total. The normalized spacial score (nSPS) is 16.7. The van der Waals surface area contributed by atoms with Crippen molar-refractivity contribution < 1.29 is 17.9 Å². The Morgan fingerprint density at radius 2 is 2.05 bits per heavy atom. The second-order valence-electron chi connectivity index (χ2n) is 4.78. The van der Waals surface area contributed by atoms with E-state index in [9.17, 15) is 13.2 Å². The van der Waals surface area contributed by atoms with Gasteiger partial charge in [-0.1, -0.05) is 11.6 Å². The van der Waals surface area contributed by atoms with E-state index in [1.165, 1.54) is 25.3 Å². The fraction of sp³-hybridized carbons (Fsp3) is 0.462. The number of esters is 1. The van der Waals surface area contributed by atoms with Gasteiger partial charge in [0.05, 0.1) is 17.6 Å². The van der Waals surface area contributed by atoms with Gasteiger partial charge in [0, 0.05) is 11.1 Å². The van der Waals surface area contributed by atoms with Crippen molar-refractivity contribution in [3.05, 3.63) is 28.8 Å². The lowest BCUT2D eigenvalue weighted by Crippen LogP contribution is -2.42. The predicted molar refractivity (Wildman–Crippen MR) is 79.0 cm³/mol. The molecule has 116 valence electrons. The highest BCUT2D eigenvalue weighted by Gasteiger charge is 2.26. The van der Waals surface area contributed by atoms with Crippen LogP contribution >= 0.6 is 11.6 Å². The van der Waals surface area contributed by atoms with Crippen molar-refractivity contribution in [2.45, 2.75) is 23.8 Å². The molecule has 1 aromatic carbocycles. The minimum Gasteiger partial charge on any atom is -0.465 e. The number of carbonyl (C=O) groups excluding carboxylic acids is 1. The summed E-state index contributed by atoms with van der Waals surface area (Å²) in [6, 6.07) is 3.91. The van der Waals surface area contributed by atoms with E-state index in [4.69, 9.17) is 11.6 Å². The second-order valence-corrected chi connectivity index (χ2v) is 6.90. The van der Waals surface area contributed by atoms with Gasteiger partial charge in [-0.2, -0.15) is 0 Å². The first kappa shape index (κ1) is 16.2. The van der Waals surface area contributed by atoms with Gasteiger partial charge in [-0.05, 0) is 44.1 Å². The molecule has 21 heavy (non-hydrogen) atoms. The lowest BCUT2D eigenvalue weighted by atomic mass is 10.1. The number of hydrogen-bond donors (Lipinski definition) is 2. The maximum Gasteiger partial charge on any atom is 0.339 e. The van der Waals surface area contributed by atoms with E-state index in [1.807, 2.05) is 0 Å². The number of rotatable bonds is 4. The summed E-state index contributed by atoms with van der Waals surface area (Å²) >= 11 is 5.83. The molecule has 0 amide bonds. The van der Waals surface area contributed by atoms with E-state index in [0.717, 1.165) is 13.1 Å². The molecule has 2 N–H and O–H groups in total. The molecule has 1 aliphatic rings. The molecular weight excluding hydrogens is 316 g/mol. The number of sulfonamides is 1. The van der Waals surface area contributed by atoms with Crippen molar-refractivity contribution in [3.63, 3.8) is 0 Å². The predicted octanol–water partition coefficient (Wildman–Crippen LogP) is 1.16. The number of carbonyl (C=O) groups is 1. The van der Waals surface area contributed by atoms with Crippen LogP contribution in [0.5, 0.6) is 0 Å². The first-order valence-electron chi connectivity index (χ1n) is 6.55. The molecule has 0 aromatic heterocycles. The maximum absolute atomic E-state index is 12.5. The molecule has 1 saturated heterocycles. The SMILES string of the molecule is COC(=O)c1cc(Cl)ccc1S(=O)(=O)NC1CCNCC1. The summed E-state index contributed by atoms with van der Waals surface area (Å²) in [4.78, 5) is 11.6. The van der Waals surface area contributed by atoms with E-state index in [0.29, 0.717) is 12.8 Å². The molecule has 0 spiro atoms. The minimum absolute atomic E-state index is 0.0635. The highest BCUT2D eigenvalue weighted by Crippen LogP contribution is 2.22. The molecular formula is C13H17ClN2O4S. The molecule has 8 heteroatoms. The first-order chi connectivity index (χ1) is 9.94. The van der Waals surface area contributed by atoms with Gasteiger partial charge in [0.1, 0.15) is 0 Å². The molecule has 1 aliphatic heterocycles. The van der Waals surface area contributed by atoms with Gasteiger partial charge in [0.15, 0.2) is 0 Å². The number of piperidine rings is 1. The molecule has 1 heterocycles. The van der Waals surface area contributed by atoms with Crippen LogP contribution in [0.4, 0.5) is 0 Å². The third-order valence-electron chi connectivity index (χ3n) is 3.30. The molecule has 0 aliphatic carbocycles. The monoisotopic (exact) mass is 332 g/mol. The largest absolute Gasteiger partial charge is 0.465 e. The standard InChI is InChI=1S/C13H17ClN2O4S/c1-20-13(17)11-8-9(14)2-3-12(11)21(18,19)16-10-4-6-15-7-5-10/h2-3,8,10,15-16H,4-7H2,1H3. The minimum atomic E-state index is -3.80. The van der Waals surface area contributed by atoms with Crippen molar-refractivity contribution in [1.82, 2.24) is 10.0 Å². The molecule has 0 unspecified atom stereocenters. The van der Waals surface area contributed by atoms with Gasteiger partial charge in [0.25, 0.3) is 0 Å². The summed E-state index contributed by atoms with van der Waals surface area (Å²) in [7, 11) is -2.61. The summed E-state index contributed by atoms with van der Waals surface area (Å²) < 4.78 is 32.2. The summed E-state index contributed by atoms with van der Waals surface area (Å²) in [5, 5.41) is 3.43. The average Bonchev–Trinajstić information content (AvgIpc) is 2.46. The lowest BCUT2D eigenvalue weighted by Gasteiger charge is -2.23. The van der Waals surface area contributed by atoms with E-state index < -0.39 is 16.0 Å². The smallest absolute Gasteiger partial charge is 0.339 e. The Morgan fingerprint density at radius 3 is 2.67 bits per heavy atom. The molecule has 1 fully saturated rings. The van der Waals surface area contributed by atoms with Gasteiger partial charge in [-0.15, -0.1) is 0 Å². The van der Waals surface area contributed by atoms with Crippen molar-refractivity contribution in [3.8, 4) is 0 Å². The number of methoxy groups -OCH3 is 1. The van der Waals surface area contributed by atoms with Crippen LogP contribution in [-0.4, -0.2) is 40.6 Å². The van der Waals surface area contributed by atoms with Crippen LogP contribution in [0, 0.1) is 0 Å². The van der Waals surface area contributed by atoms with Crippen LogP contribution in [0.1, 0.15) is 23.2 Å². The van der Waals surface area contributed by atoms with E-state index in [-0.39, 0.29) is 21.5 Å². The Labute approximate surface area is 128 Å². The number of ether oxygens (including phenoxy) is 1. The summed E-state index contributed by atoms with van der Waals surface area (Å²) in [6.07, 6.45) is 1.42. The second kappa shape index (κ2) is 6.74. The highest BCUT2D eigenvalue weighted by atomic mass is 35.5. The zero-order chi connectivity index (χ0) is 15.5. The molecule has 0 atom stereocenters. The summed E-state index contributed by atoms with van der Waals surface area (Å²) in [5.74, 6) is -0.733. The number of hydrogen-bond acceptors (Lipinski definition) is 5. The Balaban J connectivity index is 2.32. The van der Waals surface area contributed by atoms with E-state index >= 15 is 0 Å². The Morgan fingerprint density at radius 1 is 1.38 bits per heavy atom. The molecule has 0 saturated carbocycles. The zero-order valence-electron chi connectivity index (χ0n) is 11.6. The Hall–Kier alpha value is -1.15. The van der Waals surface area contributed by atoms with Gasteiger partial charge >= 0.3 is 5.97 Å². The topological polar surface area (TPSA) is 84.5 Å². The van der Waals surface area contributed by atoms with Gasteiger partial charge in [0.2, 0.25) is 10.0 Å². The Bertz CT molecular complexity index is 627. The summed E-state index contributed by atoms with van der Waals surface area (Å²) in [6.45, 7) is 1.52. The van der Waals surface area contributed by atoms with Crippen LogP contribution < -0.4 is 10.0 Å². The third-order valence-corrected chi connectivity index (χ3v) is 5.11. The quantitative estimate of drug-likeness (QED) is 0.808. The molecule has 1 aromatic rings. The van der Waals surface area contributed by atoms with Crippen molar-refractivity contribution >= 4 is 27.6 Å². The fourth-order valence-electron chi connectivity index (χ4n) is 2.23. The average molecular weight is 333 g/mol. The van der Waals surface area contributed by atoms with Crippen LogP contribution in [-0.2, 0) is 14.8 Å². The highest BCUT2D eigenvalue weighted by molar-refractivity contribution is 7.89. The molecule has 2 rings (SSSR count). The third kappa shape index (κ3) is 3.94. The van der Waals surface area contributed by atoms with Gasteiger partial charge in [-0.25, -0.2) is 17.9 Å². The lowest BCUT2D eigenvalue weighted by molar-refractivity contribution is 0.0596. The number of benzene rings is 1. The first-order valence-corrected chi connectivity index (χ1v) is 8.41. The Kier molecular flexibility index (Phi) is 5.21. The summed E-state index contributed by atoms with van der Waals surface area (Å²) in [5.41, 5.74) is -0.0635. The number of halogens is 1.